The molecule has 190 valence electrons. The van der Waals surface area contributed by atoms with Gasteiger partial charge in [-0.3, -0.25) is 0 Å². The van der Waals surface area contributed by atoms with Gasteiger partial charge in [0.15, 0.2) is 0 Å². The van der Waals surface area contributed by atoms with E-state index in [0.29, 0.717) is 22.9 Å². The van der Waals surface area contributed by atoms with E-state index < -0.39 is 0 Å². The van der Waals surface area contributed by atoms with Gasteiger partial charge in [-0.2, -0.15) is 10.2 Å². The minimum atomic E-state index is 0.194. The van der Waals surface area contributed by atoms with Gasteiger partial charge in [0.2, 0.25) is 5.95 Å². The molecule has 0 radical (unpaired) electrons. The first kappa shape index (κ1) is 24.0. The van der Waals surface area contributed by atoms with Crippen LogP contribution in [0.1, 0.15) is 48.1 Å². The van der Waals surface area contributed by atoms with Crippen LogP contribution in [0.2, 0.25) is 0 Å². The summed E-state index contributed by atoms with van der Waals surface area (Å²) in [4.78, 5) is 16.9. The number of nitriles is 1. The summed E-state index contributed by atoms with van der Waals surface area (Å²) >= 11 is 0. The quantitative estimate of drug-likeness (QED) is 0.275. The van der Waals surface area contributed by atoms with Crippen LogP contribution in [0.4, 0.5) is 11.6 Å². The van der Waals surface area contributed by atoms with Crippen LogP contribution in [-0.2, 0) is 6.54 Å². The Bertz CT molecular complexity index is 1920. The molecule has 0 fully saturated rings. The number of anilines is 2. The fourth-order valence-corrected chi connectivity index (χ4v) is 4.72. The van der Waals surface area contributed by atoms with Gasteiger partial charge < -0.3 is 19.4 Å². The first-order chi connectivity index (χ1) is 19.0. The fourth-order valence-electron chi connectivity index (χ4n) is 4.72. The minimum Gasteiger partial charge on any atom is -0.346 e. The third kappa shape index (κ3) is 4.60. The maximum atomic E-state index is 9.63. The van der Waals surface area contributed by atoms with E-state index in [-0.39, 0.29) is 6.04 Å². The van der Waals surface area contributed by atoms with Crippen LogP contribution in [0, 0.1) is 30.1 Å². The molecule has 2 N–H and O–H groups in total. The van der Waals surface area contributed by atoms with Crippen LogP contribution >= 0.6 is 0 Å². The van der Waals surface area contributed by atoms with Gasteiger partial charge in [-0.05, 0) is 56.5 Å². The standard InChI is InChI=1S/C31H26N8/c1-20(2)39-19-24(17-32)26-6-4-5-23(29(26)39)9-12-28-27-13-14-34-30(27)37-31(36-28)35-25-10-7-22(8-11-25)18-38-16-15-33-21(38)3/h4-8,10-11,13-16,19-20H,18H2,1-3H3,(H2,34,35,36,37). The Morgan fingerprint density at radius 2 is 1.85 bits per heavy atom. The molecule has 6 rings (SSSR count). The lowest BCUT2D eigenvalue weighted by molar-refractivity contribution is 0.622. The Morgan fingerprint density at radius 3 is 2.59 bits per heavy atom. The van der Waals surface area contributed by atoms with Crippen molar-refractivity contribution in [1.29, 1.82) is 5.26 Å². The molecule has 0 atom stereocenters. The number of nitrogens with one attached hydrogen (secondary N) is 2. The molecule has 0 unspecified atom stereocenters. The molecular formula is C31H26N8. The topological polar surface area (TPSA) is 100 Å². The highest BCUT2D eigenvalue weighted by atomic mass is 15.1. The second-order valence-electron chi connectivity index (χ2n) is 9.67. The number of nitrogens with zero attached hydrogens (tertiary/aromatic N) is 6. The Labute approximate surface area is 226 Å². The van der Waals surface area contributed by atoms with Gasteiger partial charge in [-0.25, -0.2) is 9.97 Å². The van der Waals surface area contributed by atoms with Crippen molar-refractivity contribution < 1.29 is 0 Å². The highest BCUT2D eigenvalue weighted by molar-refractivity contribution is 5.91. The molecule has 0 aliphatic rings. The van der Waals surface area contributed by atoms with E-state index >= 15 is 0 Å². The zero-order valence-corrected chi connectivity index (χ0v) is 21.9. The molecule has 8 nitrogen and oxygen atoms in total. The smallest absolute Gasteiger partial charge is 0.230 e. The number of aromatic amines is 1. The van der Waals surface area contributed by atoms with Gasteiger partial charge in [0.25, 0.3) is 0 Å². The number of rotatable bonds is 5. The van der Waals surface area contributed by atoms with Crippen LogP contribution in [0.3, 0.4) is 0 Å². The van der Waals surface area contributed by atoms with Crippen LogP contribution in [-0.4, -0.2) is 29.1 Å². The lowest BCUT2D eigenvalue weighted by atomic mass is 10.1. The monoisotopic (exact) mass is 510 g/mol. The molecule has 0 spiro atoms. The Kier molecular flexibility index (Phi) is 6.07. The lowest BCUT2D eigenvalue weighted by Gasteiger charge is -2.10. The molecule has 0 saturated carbocycles. The highest BCUT2D eigenvalue weighted by Crippen LogP contribution is 2.27. The number of para-hydroxylation sites is 1. The van der Waals surface area contributed by atoms with Gasteiger partial charge in [0.05, 0.1) is 16.5 Å². The molecule has 2 aromatic carbocycles. The molecule has 0 aliphatic carbocycles. The van der Waals surface area contributed by atoms with E-state index in [0.717, 1.165) is 39.9 Å². The van der Waals surface area contributed by atoms with Crippen molar-refractivity contribution >= 4 is 33.6 Å². The largest absolute Gasteiger partial charge is 0.346 e. The van der Waals surface area contributed by atoms with Crippen molar-refractivity contribution in [1.82, 2.24) is 29.1 Å². The van der Waals surface area contributed by atoms with Crippen LogP contribution in [0.25, 0.3) is 21.9 Å². The Balaban J connectivity index is 1.33. The molecule has 0 saturated heterocycles. The molecule has 0 aliphatic heterocycles. The third-order valence-electron chi connectivity index (χ3n) is 6.75. The van der Waals surface area contributed by atoms with E-state index in [2.05, 4.69) is 73.3 Å². The number of H-pyrrole nitrogens is 1. The first-order valence-corrected chi connectivity index (χ1v) is 12.7. The predicted molar refractivity (Wildman–Crippen MR) is 153 cm³/mol. The zero-order chi connectivity index (χ0) is 26.9. The van der Waals surface area contributed by atoms with E-state index in [1.54, 1.807) is 0 Å². The Hall–Kier alpha value is -5.34. The molecule has 6 aromatic rings. The number of aryl methyl sites for hydroxylation is 1. The zero-order valence-electron chi connectivity index (χ0n) is 21.9. The van der Waals surface area contributed by atoms with Crippen molar-refractivity contribution in [3.8, 4) is 17.9 Å². The summed E-state index contributed by atoms with van der Waals surface area (Å²) in [7, 11) is 0. The van der Waals surface area contributed by atoms with Gasteiger partial charge in [0, 0.05) is 54.0 Å². The van der Waals surface area contributed by atoms with E-state index in [4.69, 9.17) is 4.98 Å². The molecule has 0 bridgehead atoms. The molecule has 8 heteroatoms. The summed E-state index contributed by atoms with van der Waals surface area (Å²) in [6.45, 7) is 6.96. The normalized spacial score (nSPS) is 11.1. The predicted octanol–water partition coefficient (Wildman–Crippen LogP) is 6.06. The molecular weight excluding hydrogens is 484 g/mol. The second kappa shape index (κ2) is 9.85. The average Bonchev–Trinajstić information content (AvgIpc) is 3.67. The van der Waals surface area contributed by atoms with Gasteiger partial charge >= 0.3 is 0 Å². The van der Waals surface area contributed by atoms with Crippen molar-refractivity contribution in [2.24, 2.45) is 0 Å². The van der Waals surface area contributed by atoms with Gasteiger partial charge in [-0.1, -0.05) is 30.2 Å². The summed E-state index contributed by atoms with van der Waals surface area (Å²) in [6, 6.07) is 18.5. The summed E-state index contributed by atoms with van der Waals surface area (Å²) in [5.41, 5.74) is 5.84. The average molecular weight is 511 g/mol. The minimum absolute atomic E-state index is 0.194. The van der Waals surface area contributed by atoms with E-state index in [1.807, 2.05) is 68.1 Å². The van der Waals surface area contributed by atoms with E-state index in [9.17, 15) is 5.26 Å². The number of hydrogen-bond acceptors (Lipinski definition) is 5. The fraction of sp³-hybridized carbons (Fsp3) is 0.161. The number of imidazole rings is 1. The van der Waals surface area contributed by atoms with Crippen molar-refractivity contribution in [2.75, 3.05) is 5.32 Å². The third-order valence-corrected chi connectivity index (χ3v) is 6.75. The summed E-state index contributed by atoms with van der Waals surface area (Å²) in [6.07, 6.45) is 7.53. The summed E-state index contributed by atoms with van der Waals surface area (Å²) < 4.78 is 4.21. The van der Waals surface area contributed by atoms with Crippen LogP contribution in [0.5, 0.6) is 0 Å². The molecule has 4 heterocycles. The summed E-state index contributed by atoms with van der Waals surface area (Å²) in [5.74, 6) is 8.04. The molecule has 4 aromatic heterocycles. The van der Waals surface area contributed by atoms with Crippen LogP contribution in [0.15, 0.2) is 73.3 Å². The number of hydrogen-bond donors (Lipinski definition) is 2. The second-order valence-corrected chi connectivity index (χ2v) is 9.67. The first-order valence-electron chi connectivity index (χ1n) is 12.7. The lowest BCUT2D eigenvalue weighted by Crippen LogP contribution is -2.02. The maximum absolute atomic E-state index is 9.63. The van der Waals surface area contributed by atoms with Crippen molar-refractivity contribution in [3.05, 3.63) is 102 Å². The maximum Gasteiger partial charge on any atom is 0.230 e. The van der Waals surface area contributed by atoms with Crippen molar-refractivity contribution in [2.45, 2.75) is 33.4 Å². The molecule has 39 heavy (non-hydrogen) atoms. The van der Waals surface area contributed by atoms with Gasteiger partial charge in [-0.15, -0.1) is 0 Å². The van der Waals surface area contributed by atoms with E-state index in [1.165, 1.54) is 5.56 Å². The Morgan fingerprint density at radius 1 is 1.00 bits per heavy atom. The molecule has 0 amide bonds. The number of benzene rings is 2. The van der Waals surface area contributed by atoms with Crippen LogP contribution < -0.4 is 5.32 Å². The van der Waals surface area contributed by atoms with Gasteiger partial charge in [0.1, 0.15) is 23.2 Å². The summed E-state index contributed by atoms with van der Waals surface area (Å²) in [5, 5.41) is 14.7. The SMILES string of the molecule is Cc1nccn1Cc1ccc(Nc2nc(C#Cc3cccc4c(C#N)cn(C(C)C)c34)c3cc[nH]c3n2)cc1. The number of fused-ring (bicyclic) bond motifs is 2. The highest BCUT2D eigenvalue weighted by Gasteiger charge is 2.13. The number of aromatic nitrogens is 6. The van der Waals surface area contributed by atoms with Crippen molar-refractivity contribution in [3.63, 3.8) is 0 Å².